The van der Waals surface area contributed by atoms with Gasteiger partial charge in [0.05, 0.1) is 5.56 Å². The van der Waals surface area contributed by atoms with Crippen molar-refractivity contribution in [3.05, 3.63) is 65.9 Å². The van der Waals surface area contributed by atoms with Crippen LogP contribution in [0.5, 0.6) is 0 Å². The molecule has 0 aliphatic rings. The van der Waals surface area contributed by atoms with Crippen LogP contribution in [0.2, 0.25) is 0 Å². The zero-order valence-corrected chi connectivity index (χ0v) is 13.8. The molecule has 0 atom stereocenters. The van der Waals surface area contributed by atoms with E-state index in [9.17, 15) is 22.0 Å². The molecule has 0 fully saturated rings. The standard InChI is InChI=1S/C16H13F2N3O3S/c1-21-9-12(11-4-2-3-5-14(11)21)16(22)19-20-25(23,24)15-8-10(17)6-7-13(15)18/h2-9,20H,1H3,(H,19,22). The van der Waals surface area contributed by atoms with Crippen molar-refractivity contribution in [1.29, 1.82) is 0 Å². The number of sulfonamides is 1. The SMILES string of the molecule is Cn1cc(C(=O)NNS(=O)(=O)c2cc(F)ccc2F)c2ccccc21. The van der Waals surface area contributed by atoms with E-state index in [2.05, 4.69) is 0 Å². The van der Waals surface area contributed by atoms with E-state index >= 15 is 0 Å². The second-order valence-electron chi connectivity index (χ2n) is 5.31. The molecule has 0 spiro atoms. The van der Waals surface area contributed by atoms with E-state index in [1.165, 1.54) is 6.20 Å². The lowest BCUT2D eigenvalue weighted by Gasteiger charge is -2.09. The minimum atomic E-state index is -4.47. The third-order valence-electron chi connectivity index (χ3n) is 3.62. The second kappa shape index (κ2) is 6.26. The number of amides is 1. The van der Waals surface area contributed by atoms with Crippen molar-refractivity contribution in [2.45, 2.75) is 4.90 Å². The van der Waals surface area contributed by atoms with Gasteiger partial charge in [0.15, 0.2) is 0 Å². The second-order valence-corrected chi connectivity index (χ2v) is 6.96. The molecule has 1 aromatic heterocycles. The molecule has 0 radical (unpaired) electrons. The molecule has 1 amide bonds. The average Bonchev–Trinajstić information content (AvgIpc) is 2.92. The molecule has 9 heteroatoms. The van der Waals surface area contributed by atoms with Crippen LogP contribution in [0.1, 0.15) is 10.4 Å². The van der Waals surface area contributed by atoms with E-state index in [1.54, 1.807) is 40.7 Å². The van der Waals surface area contributed by atoms with Gasteiger partial charge in [-0.3, -0.25) is 10.2 Å². The normalized spacial score (nSPS) is 11.6. The summed E-state index contributed by atoms with van der Waals surface area (Å²) in [7, 11) is -2.73. The van der Waals surface area contributed by atoms with Crippen LogP contribution in [0.3, 0.4) is 0 Å². The number of benzene rings is 2. The lowest BCUT2D eigenvalue weighted by molar-refractivity contribution is 0.0946. The van der Waals surface area contributed by atoms with Crippen molar-refractivity contribution in [3.8, 4) is 0 Å². The molecule has 1 heterocycles. The first-order valence-electron chi connectivity index (χ1n) is 7.11. The van der Waals surface area contributed by atoms with Gasteiger partial charge < -0.3 is 4.57 Å². The highest BCUT2D eigenvalue weighted by molar-refractivity contribution is 7.89. The molecule has 2 N–H and O–H groups in total. The number of aromatic nitrogens is 1. The molecule has 130 valence electrons. The van der Waals surface area contributed by atoms with Gasteiger partial charge in [-0.15, -0.1) is 4.83 Å². The Labute approximate surface area is 142 Å². The Morgan fingerprint density at radius 2 is 1.84 bits per heavy atom. The van der Waals surface area contributed by atoms with Gasteiger partial charge in [0, 0.05) is 24.1 Å². The monoisotopic (exact) mass is 365 g/mol. The topological polar surface area (TPSA) is 80.2 Å². The van der Waals surface area contributed by atoms with E-state index in [0.717, 1.165) is 11.6 Å². The lowest BCUT2D eigenvalue weighted by atomic mass is 10.2. The van der Waals surface area contributed by atoms with Gasteiger partial charge in [-0.2, -0.15) is 0 Å². The molecule has 0 bridgehead atoms. The molecular weight excluding hydrogens is 352 g/mol. The summed E-state index contributed by atoms with van der Waals surface area (Å²) in [4.78, 5) is 13.2. The molecule has 3 rings (SSSR count). The van der Waals surface area contributed by atoms with Gasteiger partial charge in [-0.25, -0.2) is 17.2 Å². The Bertz CT molecular complexity index is 1080. The summed E-state index contributed by atoms with van der Waals surface area (Å²) in [6, 6.07) is 9.08. The molecule has 0 saturated heterocycles. The largest absolute Gasteiger partial charge is 0.350 e. The van der Waals surface area contributed by atoms with E-state index in [1.807, 2.05) is 5.43 Å². The molecule has 3 aromatic rings. The number of hydrazine groups is 1. The average molecular weight is 365 g/mol. The number of nitrogens with one attached hydrogen (secondary N) is 2. The van der Waals surface area contributed by atoms with E-state index in [-0.39, 0.29) is 5.56 Å². The van der Waals surface area contributed by atoms with Gasteiger partial charge in [0.1, 0.15) is 16.5 Å². The predicted molar refractivity (Wildman–Crippen MR) is 87.1 cm³/mol. The molecule has 6 nitrogen and oxygen atoms in total. The summed E-state index contributed by atoms with van der Waals surface area (Å²) in [6.45, 7) is 0. The number of hydrogen-bond acceptors (Lipinski definition) is 3. The Kier molecular flexibility index (Phi) is 4.27. The minimum absolute atomic E-state index is 0.237. The van der Waals surface area contributed by atoms with Crippen LogP contribution in [-0.4, -0.2) is 18.9 Å². The summed E-state index contributed by atoms with van der Waals surface area (Å²) in [5.74, 6) is -2.77. The maximum absolute atomic E-state index is 13.6. The summed E-state index contributed by atoms with van der Waals surface area (Å²) < 4.78 is 52.6. The highest BCUT2D eigenvalue weighted by Crippen LogP contribution is 2.20. The quantitative estimate of drug-likeness (QED) is 0.695. The van der Waals surface area contributed by atoms with Crippen LogP contribution in [0.25, 0.3) is 10.9 Å². The van der Waals surface area contributed by atoms with Gasteiger partial charge in [-0.1, -0.05) is 18.2 Å². The van der Waals surface area contributed by atoms with Gasteiger partial charge in [0.25, 0.3) is 15.9 Å². The first kappa shape index (κ1) is 17.1. The van der Waals surface area contributed by atoms with Crippen LogP contribution < -0.4 is 10.3 Å². The number of rotatable bonds is 4. The number of carbonyl (C=O) groups is 1. The fourth-order valence-electron chi connectivity index (χ4n) is 2.44. The number of aryl methyl sites for hydroxylation is 1. The Balaban J connectivity index is 1.85. The number of nitrogens with zero attached hydrogens (tertiary/aromatic N) is 1. The molecule has 0 saturated carbocycles. The van der Waals surface area contributed by atoms with Crippen LogP contribution in [0.4, 0.5) is 8.78 Å². The molecule has 25 heavy (non-hydrogen) atoms. The Morgan fingerprint density at radius 1 is 1.12 bits per heavy atom. The Hall–Kier alpha value is -2.78. The van der Waals surface area contributed by atoms with Crippen LogP contribution in [0.15, 0.2) is 53.6 Å². The maximum atomic E-state index is 13.6. The molecule has 2 aromatic carbocycles. The summed E-state index contributed by atoms with van der Waals surface area (Å²) in [6.07, 6.45) is 1.54. The van der Waals surface area contributed by atoms with Crippen molar-refractivity contribution < 1.29 is 22.0 Å². The minimum Gasteiger partial charge on any atom is -0.350 e. The van der Waals surface area contributed by atoms with E-state index in [4.69, 9.17) is 0 Å². The number of hydrogen-bond donors (Lipinski definition) is 2. The lowest BCUT2D eigenvalue weighted by Crippen LogP contribution is -2.41. The van der Waals surface area contributed by atoms with Crippen molar-refractivity contribution >= 4 is 26.8 Å². The summed E-state index contributed by atoms with van der Waals surface area (Å²) in [5.41, 5.74) is 3.03. The van der Waals surface area contributed by atoms with E-state index in [0.29, 0.717) is 17.5 Å². The fraction of sp³-hybridized carbons (Fsp3) is 0.0625. The van der Waals surface area contributed by atoms with Crippen molar-refractivity contribution in [2.75, 3.05) is 0 Å². The van der Waals surface area contributed by atoms with Crippen LogP contribution in [-0.2, 0) is 17.1 Å². The van der Waals surface area contributed by atoms with Gasteiger partial charge in [0.2, 0.25) is 0 Å². The number of fused-ring (bicyclic) bond motifs is 1. The van der Waals surface area contributed by atoms with Crippen molar-refractivity contribution in [2.24, 2.45) is 7.05 Å². The molecule has 0 aliphatic heterocycles. The number of carbonyl (C=O) groups excluding carboxylic acids is 1. The van der Waals surface area contributed by atoms with Crippen LogP contribution >= 0.6 is 0 Å². The predicted octanol–water partition coefficient (Wildman–Crippen LogP) is 2.08. The van der Waals surface area contributed by atoms with Crippen molar-refractivity contribution in [1.82, 2.24) is 14.8 Å². The third kappa shape index (κ3) is 3.24. The molecule has 0 unspecified atom stereocenters. The van der Waals surface area contributed by atoms with Crippen LogP contribution in [0, 0.1) is 11.6 Å². The molecule has 0 aliphatic carbocycles. The highest BCUT2D eigenvalue weighted by Gasteiger charge is 2.22. The van der Waals surface area contributed by atoms with Crippen molar-refractivity contribution in [3.63, 3.8) is 0 Å². The van der Waals surface area contributed by atoms with Gasteiger partial charge in [-0.05, 0) is 24.3 Å². The zero-order valence-electron chi connectivity index (χ0n) is 13.0. The smallest absolute Gasteiger partial charge is 0.268 e. The first-order chi connectivity index (χ1) is 11.8. The fourth-order valence-corrected chi connectivity index (χ4v) is 3.37. The zero-order chi connectivity index (χ0) is 18.2. The van der Waals surface area contributed by atoms with E-state index < -0.39 is 32.5 Å². The molecular formula is C16H13F2N3O3S. The number of para-hydroxylation sites is 1. The summed E-state index contributed by atoms with van der Waals surface area (Å²) in [5, 5.41) is 0.624. The third-order valence-corrected chi connectivity index (χ3v) is 4.89. The summed E-state index contributed by atoms with van der Waals surface area (Å²) >= 11 is 0. The maximum Gasteiger partial charge on any atom is 0.268 e. The number of halogens is 2. The first-order valence-corrected chi connectivity index (χ1v) is 8.59. The highest BCUT2D eigenvalue weighted by atomic mass is 32.2. The Morgan fingerprint density at radius 3 is 2.60 bits per heavy atom. The van der Waals surface area contributed by atoms with Gasteiger partial charge >= 0.3 is 0 Å².